The zero-order valence-electron chi connectivity index (χ0n) is 13.7. The van der Waals surface area contributed by atoms with Crippen molar-refractivity contribution in [1.82, 2.24) is 9.55 Å². The van der Waals surface area contributed by atoms with Crippen LogP contribution in [0.2, 0.25) is 0 Å². The van der Waals surface area contributed by atoms with Gasteiger partial charge in [-0.05, 0) is 0 Å². The van der Waals surface area contributed by atoms with E-state index in [-0.39, 0.29) is 0 Å². The van der Waals surface area contributed by atoms with Crippen molar-refractivity contribution < 1.29 is 38.4 Å². The average molecular weight is 376 g/mol. The maximum absolute atomic E-state index is 13.6. The Morgan fingerprint density at radius 3 is 2.50 bits per heavy atom. The van der Waals surface area contributed by atoms with Gasteiger partial charge in [0.05, 0.1) is 6.20 Å². The predicted molar refractivity (Wildman–Crippen MR) is 79.4 cm³/mol. The highest BCUT2D eigenvalue weighted by molar-refractivity contribution is 5.66. The van der Waals surface area contributed by atoms with Crippen LogP contribution in [0.25, 0.3) is 0 Å². The SMILES string of the molecule is CC(=O)OC[C@H]1O[C@@H](n2cc(F)c(=O)[nH]c2=O)[C@H](OC(C)=O)[C@@H](O)[C@H]1O. The zero-order valence-corrected chi connectivity index (χ0v) is 13.7. The van der Waals surface area contributed by atoms with Crippen LogP contribution < -0.4 is 11.2 Å². The highest BCUT2D eigenvalue weighted by Crippen LogP contribution is 2.30. The van der Waals surface area contributed by atoms with E-state index in [0.717, 1.165) is 13.8 Å². The van der Waals surface area contributed by atoms with Crippen LogP contribution in [0.3, 0.4) is 0 Å². The van der Waals surface area contributed by atoms with Gasteiger partial charge in [0.1, 0.15) is 24.9 Å². The van der Waals surface area contributed by atoms with Gasteiger partial charge in [0.25, 0.3) is 5.56 Å². The molecule has 1 aromatic heterocycles. The van der Waals surface area contributed by atoms with Crippen LogP contribution in [-0.2, 0) is 23.8 Å². The van der Waals surface area contributed by atoms with Crippen molar-refractivity contribution in [3.63, 3.8) is 0 Å². The molecule has 12 heteroatoms. The Labute approximate surface area is 144 Å². The van der Waals surface area contributed by atoms with Gasteiger partial charge in [0.2, 0.25) is 5.82 Å². The van der Waals surface area contributed by atoms with Gasteiger partial charge in [-0.25, -0.2) is 4.79 Å². The van der Waals surface area contributed by atoms with Crippen LogP contribution in [0.1, 0.15) is 20.1 Å². The fourth-order valence-corrected chi connectivity index (χ4v) is 2.45. The number of aliphatic hydroxyl groups excluding tert-OH is 2. The van der Waals surface area contributed by atoms with Gasteiger partial charge in [0, 0.05) is 13.8 Å². The Balaban J connectivity index is 2.44. The summed E-state index contributed by atoms with van der Waals surface area (Å²) in [5, 5.41) is 20.3. The molecular weight excluding hydrogens is 359 g/mol. The number of hydrogen-bond acceptors (Lipinski definition) is 9. The summed E-state index contributed by atoms with van der Waals surface area (Å²) < 4.78 is 29.1. The lowest BCUT2D eigenvalue weighted by Crippen LogP contribution is -2.59. The second kappa shape index (κ2) is 7.76. The van der Waals surface area contributed by atoms with Crippen molar-refractivity contribution in [3.8, 4) is 0 Å². The quantitative estimate of drug-likeness (QED) is 0.496. The molecule has 0 aromatic carbocycles. The second-order valence-corrected chi connectivity index (χ2v) is 5.57. The van der Waals surface area contributed by atoms with Crippen molar-refractivity contribution in [3.05, 3.63) is 32.9 Å². The predicted octanol–water partition coefficient (Wildman–Crippen LogP) is -2.21. The number of hydrogen-bond donors (Lipinski definition) is 3. The molecule has 2 rings (SSSR count). The van der Waals surface area contributed by atoms with E-state index in [1.807, 2.05) is 0 Å². The van der Waals surface area contributed by atoms with Crippen molar-refractivity contribution in [2.45, 2.75) is 44.5 Å². The molecule has 2 heterocycles. The normalized spacial score (nSPS) is 28.4. The van der Waals surface area contributed by atoms with Crippen LogP contribution in [0.5, 0.6) is 0 Å². The van der Waals surface area contributed by atoms with E-state index in [9.17, 15) is 33.8 Å². The first-order chi connectivity index (χ1) is 12.1. The minimum atomic E-state index is -1.75. The summed E-state index contributed by atoms with van der Waals surface area (Å²) in [5.41, 5.74) is -2.38. The molecule has 1 aromatic rings. The number of ether oxygens (including phenoxy) is 3. The van der Waals surface area contributed by atoms with Crippen LogP contribution in [0, 0.1) is 5.82 Å². The number of nitrogens with one attached hydrogen (secondary N) is 1. The third kappa shape index (κ3) is 4.15. The van der Waals surface area contributed by atoms with Crippen molar-refractivity contribution in [2.24, 2.45) is 0 Å². The van der Waals surface area contributed by atoms with Gasteiger partial charge in [-0.15, -0.1) is 0 Å². The molecule has 26 heavy (non-hydrogen) atoms. The van der Waals surface area contributed by atoms with E-state index in [2.05, 4.69) is 0 Å². The lowest BCUT2D eigenvalue weighted by Gasteiger charge is -2.42. The number of aromatic nitrogens is 2. The molecule has 5 atom stereocenters. The minimum absolute atomic E-state index is 0.489. The minimum Gasteiger partial charge on any atom is -0.463 e. The maximum atomic E-state index is 13.6. The van der Waals surface area contributed by atoms with Crippen LogP contribution in [-0.4, -0.2) is 62.7 Å². The standard InChI is InChI=1S/C14H17FN2O9/c1-5(18)24-4-8-9(20)10(21)11(25-6(2)19)13(26-8)17-3-7(15)12(22)16-14(17)23/h3,8-11,13,20-21H,4H2,1-2H3,(H,16,22,23)/t8-,9+,10+,11-,13-/m1/s1. The number of carbonyl (C=O) groups is 2. The summed E-state index contributed by atoms with van der Waals surface area (Å²) in [6, 6.07) is 0. The number of rotatable bonds is 4. The number of nitrogens with zero attached hydrogens (tertiary/aromatic N) is 1. The summed E-state index contributed by atoms with van der Waals surface area (Å²) in [5.74, 6) is -2.89. The molecule has 0 spiro atoms. The molecule has 11 nitrogen and oxygen atoms in total. The first-order valence-corrected chi connectivity index (χ1v) is 7.45. The Bertz CT molecular complexity index is 802. The molecule has 144 valence electrons. The molecular formula is C14H17FN2O9. The number of aromatic amines is 1. The topological polar surface area (TPSA) is 157 Å². The molecule has 1 aliphatic rings. The lowest BCUT2D eigenvalue weighted by atomic mass is 9.98. The Hall–Kier alpha value is -2.57. The molecule has 1 saturated heterocycles. The van der Waals surface area contributed by atoms with Gasteiger partial charge < -0.3 is 24.4 Å². The summed E-state index contributed by atoms with van der Waals surface area (Å²) >= 11 is 0. The molecule has 3 N–H and O–H groups in total. The van der Waals surface area contributed by atoms with E-state index >= 15 is 0 Å². The number of aliphatic hydroxyl groups is 2. The molecule has 1 aliphatic heterocycles. The fraction of sp³-hybridized carbons (Fsp3) is 0.571. The van der Waals surface area contributed by atoms with Crippen molar-refractivity contribution >= 4 is 11.9 Å². The van der Waals surface area contributed by atoms with Gasteiger partial charge in [0.15, 0.2) is 12.3 Å². The number of halogens is 1. The summed E-state index contributed by atoms with van der Waals surface area (Å²) in [7, 11) is 0. The monoisotopic (exact) mass is 376 g/mol. The van der Waals surface area contributed by atoms with E-state index in [1.165, 1.54) is 0 Å². The molecule has 0 bridgehead atoms. The zero-order chi connectivity index (χ0) is 19.6. The fourth-order valence-electron chi connectivity index (χ4n) is 2.45. The van der Waals surface area contributed by atoms with Crippen LogP contribution in [0.15, 0.2) is 15.8 Å². The Morgan fingerprint density at radius 1 is 1.27 bits per heavy atom. The van der Waals surface area contributed by atoms with Crippen molar-refractivity contribution in [1.29, 1.82) is 0 Å². The first kappa shape index (κ1) is 19.8. The maximum Gasteiger partial charge on any atom is 0.330 e. The molecule has 0 amide bonds. The van der Waals surface area contributed by atoms with Crippen LogP contribution in [0.4, 0.5) is 4.39 Å². The van der Waals surface area contributed by atoms with Gasteiger partial charge in [-0.2, -0.15) is 4.39 Å². The second-order valence-electron chi connectivity index (χ2n) is 5.57. The molecule has 0 aliphatic carbocycles. The molecule has 0 unspecified atom stereocenters. The summed E-state index contributed by atoms with van der Waals surface area (Å²) in [6.45, 7) is 1.63. The summed E-state index contributed by atoms with van der Waals surface area (Å²) in [6.07, 6.45) is -7.39. The largest absolute Gasteiger partial charge is 0.463 e. The third-order valence-corrected chi connectivity index (χ3v) is 3.61. The van der Waals surface area contributed by atoms with E-state index in [4.69, 9.17) is 14.2 Å². The van der Waals surface area contributed by atoms with Gasteiger partial charge in [-0.3, -0.25) is 23.9 Å². The highest BCUT2D eigenvalue weighted by atomic mass is 19.1. The van der Waals surface area contributed by atoms with Gasteiger partial charge >= 0.3 is 17.6 Å². The van der Waals surface area contributed by atoms with E-state index in [1.54, 1.807) is 4.98 Å². The number of esters is 2. The average Bonchev–Trinajstić information content (AvgIpc) is 2.54. The molecule has 0 radical (unpaired) electrons. The van der Waals surface area contributed by atoms with Crippen molar-refractivity contribution in [2.75, 3.05) is 6.61 Å². The van der Waals surface area contributed by atoms with E-state index in [0.29, 0.717) is 10.8 Å². The molecule has 1 fully saturated rings. The summed E-state index contributed by atoms with van der Waals surface area (Å²) in [4.78, 5) is 47.1. The Kier molecular flexibility index (Phi) is 5.90. The highest BCUT2D eigenvalue weighted by Gasteiger charge is 2.48. The van der Waals surface area contributed by atoms with Gasteiger partial charge in [-0.1, -0.05) is 0 Å². The smallest absolute Gasteiger partial charge is 0.330 e. The lowest BCUT2D eigenvalue weighted by molar-refractivity contribution is -0.260. The first-order valence-electron chi connectivity index (χ1n) is 7.45. The third-order valence-electron chi connectivity index (χ3n) is 3.61. The Morgan fingerprint density at radius 2 is 1.92 bits per heavy atom. The number of carbonyl (C=O) groups excluding carboxylic acids is 2. The van der Waals surface area contributed by atoms with E-state index < -0.39 is 66.3 Å². The molecule has 0 saturated carbocycles. The number of H-pyrrole nitrogens is 1. The van der Waals surface area contributed by atoms with Crippen LogP contribution >= 0.6 is 0 Å².